The molecular weight excluding hydrogens is 1610 g/mol. The van der Waals surface area contributed by atoms with Gasteiger partial charge in [-0.3, -0.25) is 83.3 Å². The lowest BCUT2D eigenvalue weighted by Gasteiger charge is -2.34. The molecule has 3 N–H and O–H groups in total. The van der Waals surface area contributed by atoms with Crippen molar-refractivity contribution in [3.05, 3.63) is 215 Å². The number of imide groups is 4. The number of hydrogen-bond acceptors (Lipinski definition) is 29. The zero-order chi connectivity index (χ0) is 85.8. The molecule has 3 atom stereocenters. The predicted molar refractivity (Wildman–Crippen MR) is 455 cm³/mol. The normalized spacial score (nSPS) is 20.0. The standard InChI is InChI=1S/C92H100N14O19/c107-80-23-19-74(85(109)98-80)105-87(111)70-12-5-14-78(83(70)89(105)113)123-52-50-116-45-38-101-31-35-103(36-32-101)40-47-122-77-22-18-69-57-67(77)61-119-42-2-1-41-118-58-62-8-3-11-65(54-62)73-26-28-94-92(97-73)104(69)82-16-7-43-120-60-66-56-68(95-91-93-27-25-72(96-91)64-10-4-9-63(55-64)59-125-82)17-21-76(66)121-46-39-102-33-29-100(30-34-102)37-44-115-48-49-117-51-53-124-79-15-6-13-71-84(79)90(114)106(88(71)112)75-20-24-81(108)99-86(75)110/h1-18,21-22,25-28,54-57,74-75,82H,19-20,23-24,29-53,58-61H2,(H,93,95,96)(H,98,107,109)(H,99,108,110)/b2-1+,16-7+. The summed E-state index contributed by atoms with van der Waals surface area (Å²) < 4.78 is 69.2. The topological polar surface area (TPSA) is 348 Å². The first-order valence-electron chi connectivity index (χ1n) is 42.5. The molecule has 8 aromatic rings. The van der Waals surface area contributed by atoms with E-state index in [-0.39, 0.29) is 112 Å². The van der Waals surface area contributed by atoms with Gasteiger partial charge in [-0.15, -0.1) is 0 Å². The average Bonchev–Trinajstić information content (AvgIpc) is 1.61. The van der Waals surface area contributed by atoms with Crippen LogP contribution in [0.4, 0.5) is 23.3 Å². The van der Waals surface area contributed by atoms with E-state index in [9.17, 15) is 38.4 Å². The Kier molecular flexibility index (Phi) is 29.1. The molecule has 0 saturated carbocycles. The van der Waals surface area contributed by atoms with E-state index in [0.717, 1.165) is 108 Å². The maximum absolute atomic E-state index is 13.6. The van der Waals surface area contributed by atoms with Crippen molar-refractivity contribution < 1.29 is 90.5 Å². The van der Waals surface area contributed by atoms with Crippen LogP contribution in [0.2, 0.25) is 0 Å². The van der Waals surface area contributed by atoms with Crippen molar-refractivity contribution in [3.63, 3.8) is 0 Å². The minimum Gasteiger partial charge on any atom is -0.492 e. The van der Waals surface area contributed by atoms with Crippen LogP contribution in [-0.2, 0) is 78.8 Å². The fourth-order valence-corrected chi connectivity index (χ4v) is 16.1. The molecule has 8 aliphatic heterocycles. The van der Waals surface area contributed by atoms with Crippen molar-refractivity contribution in [2.45, 2.75) is 70.4 Å². The Hall–Kier alpha value is -12.1. The minimum absolute atomic E-state index is 0.0294. The second-order valence-electron chi connectivity index (χ2n) is 31.0. The van der Waals surface area contributed by atoms with Crippen LogP contribution >= 0.6 is 0 Å². The van der Waals surface area contributed by atoms with Crippen LogP contribution in [0.15, 0.2) is 170 Å². The third kappa shape index (κ3) is 21.8. The van der Waals surface area contributed by atoms with Gasteiger partial charge >= 0.3 is 0 Å². The number of piperazine rings is 2. The third-order valence-electron chi connectivity index (χ3n) is 22.7. The maximum Gasteiger partial charge on any atom is 0.266 e. The van der Waals surface area contributed by atoms with Gasteiger partial charge in [0.05, 0.1) is 120 Å². The molecule has 4 fully saturated rings. The first-order valence-corrected chi connectivity index (χ1v) is 42.5. The SMILES string of the molecule is O=C1CCC(N2C(=O)c3cccc(OCCOCCOCCN4CCN(CCOc5ccc6cc5COC/C=C/C(N5c7ccc(OCCN8CCN(CCOCCOc9cccc%10c9C(=O)N(C9CCC(=O)NC9=O)C%10=O)CC8)c(c7)COC/C=C/COCc7cccc(c7)-c7ccnc5n7)OCc5cccc(c5)-c5ccnc(n5)N6)CC4)c3C2=O)C(=O)N1. The van der Waals surface area contributed by atoms with E-state index in [0.29, 0.717) is 120 Å². The summed E-state index contributed by atoms with van der Waals surface area (Å²) in [7, 11) is 0. The first kappa shape index (κ1) is 86.4. The number of benzene rings is 6. The summed E-state index contributed by atoms with van der Waals surface area (Å²) in [4.78, 5) is 136. The molecule has 33 heteroatoms. The van der Waals surface area contributed by atoms with Crippen LogP contribution in [0.3, 0.4) is 0 Å². The molecule has 12 bridgehead atoms. The Morgan fingerprint density at radius 1 is 0.400 bits per heavy atom. The second kappa shape index (κ2) is 42.0. The second-order valence-corrected chi connectivity index (χ2v) is 31.0. The van der Waals surface area contributed by atoms with Gasteiger partial charge in [0.2, 0.25) is 35.5 Å². The van der Waals surface area contributed by atoms with E-state index in [1.807, 2.05) is 108 Å². The lowest BCUT2D eigenvalue weighted by atomic mass is 10.0. The van der Waals surface area contributed by atoms with Crippen LogP contribution in [0.25, 0.3) is 22.5 Å². The molecule has 8 aliphatic rings. The van der Waals surface area contributed by atoms with E-state index < -0.39 is 65.6 Å². The Balaban J connectivity index is 0.532. The molecule has 6 aromatic carbocycles. The number of anilines is 4. The number of rotatable bonds is 28. The number of nitrogens with one attached hydrogen (secondary N) is 3. The predicted octanol–water partition coefficient (Wildman–Crippen LogP) is 7.72. The van der Waals surface area contributed by atoms with Gasteiger partial charge in [0.25, 0.3) is 23.6 Å². The molecule has 8 amide bonds. The number of hydrogen-bond donors (Lipinski definition) is 3. The number of amides is 8. The summed E-state index contributed by atoms with van der Waals surface area (Å²) in [5, 5.41) is 7.87. The number of nitrogens with zero attached hydrogens (tertiary/aromatic N) is 11. The molecule has 10 heterocycles. The van der Waals surface area contributed by atoms with Crippen molar-refractivity contribution in [3.8, 4) is 45.5 Å². The fraction of sp³-hybridized carbons (Fsp3) is 0.391. The van der Waals surface area contributed by atoms with E-state index in [4.69, 9.17) is 67.1 Å². The monoisotopic (exact) mass is 1700 g/mol. The minimum atomic E-state index is -1.07. The van der Waals surface area contributed by atoms with Crippen molar-refractivity contribution in [1.29, 1.82) is 0 Å². The van der Waals surface area contributed by atoms with Crippen LogP contribution in [0.5, 0.6) is 23.0 Å². The molecular formula is C92H100N14O19. The Labute approximate surface area is 722 Å². The van der Waals surface area contributed by atoms with Gasteiger partial charge in [0.1, 0.15) is 61.5 Å². The van der Waals surface area contributed by atoms with Crippen LogP contribution in [-0.4, -0.2) is 279 Å². The highest BCUT2D eigenvalue weighted by molar-refractivity contribution is 6.25. The smallest absolute Gasteiger partial charge is 0.266 e. The van der Waals surface area contributed by atoms with Crippen LogP contribution in [0.1, 0.15) is 89.4 Å². The van der Waals surface area contributed by atoms with Gasteiger partial charge in [-0.2, -0.15) is 0 Å². The Morgan fingerprint density at radius 3 is 1.43 bits per heavy atom. The third-order valence-corrected chi connectivity index (χ3v) is 22.7. The van der Waals surface area contributed by atoms with Gasteiger partial charge < -0.3 is 57.4 Å². The van der Waals surface area contributed by atoms with E-state index >= 15 is 0 Å². The van der Waals surface area contributed by atoms with E-state index in [1.54, 1.807) is 36.7 Å². The number of aromatic nitrogens is 4. The van der Waals surface area contributed by atoms with E-state index in [2.05, 4.69) is 58.7 Å². The summed E-state index contributed by atoms with van der Waals surface area (Å²) in [6.07, 6.45) is 10.7. The van der Waals surface area contributed by atoms with Gasteiger partial charge in [0, 0.05) is 137 Å². The summed E-state index contributed by atoms with van der Waals surface area (Å²) in [6, 6.07) is 39.4. The largest absolute Gasteiger partial charge is 0.492 e. The molecule has 3 unspecified atom stereocenters. The zero-order valence-electron chi connectivity index (χ0n) is 69.4. The summed E-state index contributed by atoms with van der Waals surface area (Å²) >= 11 is 0. The lowest BCUT2D eigenvalue weighted by Crippen LogP contribution is -2.54. The molecule has 2 aromatic heterocycles. The number of carbonyl (C=O) groups is 8. The fourth-order valence-electron chi connectivity index (χ4n) is 16.1. The van der Waals surface area contributed by atoms with Gasteiger partial charge in [-0.1, -0.05) is 66.8 Å². The van der Waals surface area contributed by atoms with E-state index in [1.165, 1.54) is 12.1 Å². The molecule has 125 heavy (non-hydrogen) atoms. The van der Waals surface area contributed by atoms with Gasteiger partial charge in [-0.05, 0) is 115 Å². The molecule has 16 rings (SSSR count). The average molecular weight is 1710 g/mol. The first-order chi connectivity index (χ1) is 61.3. The van der Waals surface area contributed by atoms with Crippen molar-refractivity contribution in [2.75, 3.05) is 175 Å². The molecule has 0 aliphatic carbocycles. The van der Waals surface area contributed by atoms with Gasteiger partial charge in [0.15, 0.2) is 6.23 Å². The Bertz CT molecular complexity index is 5290. The lowest BCUT2D eigenvalue weighted by molar-refractivity contribution is -0.137. The van der Waals surface area contributed by atoms with Crippen LogP contribution in [0, 0.1) is 0 Å². The highest BCUT2D eigenvalue weighted by Gasteiger charge is 2.48. The van der Waals surface area contributed by atoms with Gasteiger partial charge in [-0.25, -0.2) is 19.9 Å². The molecule has 652 valence electrons. The number of carbonyl (C=O) groups excluding carboxylic acids is 8. The molecule has 33 nitrogen and oxygen atoms in total. The summed E-state index contributed by atoms with van der Waals surface area (Å²) in [6.45, 7) is 14.8. The Morgan fingerprint density at radius 2 is 0.872 bits per heavy atom. The number of ether oxygens (including phenoxy) is 11. The molecule has 4 saturated heterocycles. The molecule has 0 spiro atoms. The van der Waals surface area contributed by atoms with Crippen molar-refractivity contribution in [1.82, 2.24) is 60.0 Å². The summed E-state index contributed by atoms with van der Waals surface area (Å²) in [5.74, 6) is -2.08. The number of piperidine rings is 2. The quantitative estimate of drug-likeness (QED) is 0.0240. The molecule has 0 radical (unpaired) electrons. The van der Waals surface area contributed by atoms with Crippen LogP contribution < -0.4 is 39.8 Å². The van der Waals surface area contributed by atoms with Crippen molar-refractivity contribution in [2.24, 2.45) is 0 Å². The highest BCUT2D eigenvalue weighted by atomic mass is 16.5. The maximum atomic E-state index is 13.6. The zero-order valence-corrected chi connectivity index (χ0v) is 69.4. The van der Waals surface area contributed by atoms with Crippen molar-refractivity contribution >= 4 is 70.5 Å². The highest BCUT2D eigenvalue weighted by Crippen LogP contribution is 2.39. The number of fused-ring (bicyclic) bond motifs is 16. The summed E-state index contributed by atoms with van der Waals surface area (Å²) in [5.41, 5.74) is 8.65.